The predicted molar refractivity (Wildman–Crippen MR) is 86.2 cm³/mol. The molecule has 0 bridgehead atoms. The molecule has 1 aromatic carbocycles. The van der Waals surface area contributed by atoms with Crippen LogP contribution in [0.25, 0.3) is 0 Å². The number of hydrogen-bond donors (Lipinski definition) is 1. The van der Waals surface area contributed by atoms with Gasteiger partial charge in [-0.25, -0.2) is 4.39 Å². The third-order valence-electron chi connectivity index (χ3n) is 4.35. The van der Waals surface area contributed by atoms with Crippen molar-refractivity contribution in [3.8, 4) is 0 Å². The number of amides is 1. The molecule has 1 saturated carbocycles. The van der Waals surface area contributed by atoms with E-state index in [-0.39, 0.29) is 59.3 Å². The average molecular weight is 366 g/mol. The van der Waals surface area contributed by atoms with Crippen molar-refractivity contribution in [1.82, 2.24) is 4.57 Å². The molecule has 6 nitrogen and oxygen atoms in total. The molecule has 0 unspecified atom stereocenters. The number of halogens is 1. The van der Waals surface area contributed by atoms with Gasteiger partial charge in [0.1, 0.15) is 5.82 Å². The number of carbonyl (C=O) groups is 2. The second-order valence-electron chi connectivity index (χ2n) is 6.15. The van der Waals surface area contributed by atoms with E-state index in [9.17, 15) is 23.9 Å². The van der Waals surface area contributed by atoms with E-state index in [1.165, 1.54) is 22.8 Å². The molecule has 1 aromatic heterocycles. The molecule has 1 aliphatic carbocycles. The van der Waals surface area contributed by atoms with Crippen molar-refractivity contribution in [1.29, 1.82) is 0 Å². The van der Waals surface area contributed by atoms with Crippen LogP contribution in [0, 0.1) is 24.6 Å². The van der Waals surface area contributed by atoms with E-state index in [1.807, 2.05) is 0 Å². The van der Waals surface area contributed by atoms with Gasteiger partial charge in [0, 0.05) is 40.8 Å². The van der Waals surface area contributed by atoms with Gasteiger partial charge in [-0.05, 0) is 31.5 Å². The molecule has 1 aliphatic rings. The number of carboxylic acids is 1. The van der Waals surface area contributed by atoms with Gasteiger partial charge in [-0.3, -0.25) is 9.59 Å². The molecule has 0 spiro atoms. The Labute approximate surface area is 171 Å². The fourth-order valence-corrected chi connectivity index (χ4v) is 2.76. The number of rotatable bonds is 5. The maximum absolute atomic E-state index is 14.3. The second-order valence-corrected chi connectivity index (χ2v) is 6.15. The van der Waals surface area contributed by atoms with Crippen LogP contribution in [0.15, 0.2) is 41.3 Å². The van der Waals surface area contributed by atoms with Crippen molar-refractivity contribution in [3.05, 3.63) is 63.8 Å². The molecule has 26 heavy (non-hydrogen) atoms. The Balaban J connectivity index is 0.00000243. The number of aromatic nitrogens is 1. The number of aryl methyl sites for hydroxylation is 1. The molecule has 0 aliphatic heterocycles. The topological polar surface area (TPSA) is 91.2 Å². The van der Waals surface area contributed by atoms with Crippen molar-refractivity contribution in [2.24, 2.45) is 11.8 Å². The van der Waals surface area contributed by atoms with Gasteiger partial charge < -0.3 is 19.8 Å². The maximum atomic E-state index is 14.3. The van der Waals surface area contributed by atoms with E-state index in [0.717, 1.165) is 0 Å². The zero-order chi connectivity index (χ0) is 18.1. The van der Waals surface area contributed by atoms with Crippen LogP contribution in [-0.2, 0) is 16.1 Å². The third-order valence-corrected chi connectivity index (χ3v) is 4.35. The Morgan fingerprint density at radius 1 is 1.27 bits per heavy atom. The number of carbonyl (C=O) groups excluding carboxylic acids is 2. The molecular weight excluding hydrogens is 350 g/mol. The number of nitrogens with zero attached hydrogens (tertiary/aromatic N) is 1. The molecule has 1 amide bonds. The zero-order valence-corrected chi connectivity index (χ0v) is 16.5. The first-order valence-electron chi connectivity index (χ1n) is 7.83. The van der Waals surface area contributed by atoms with Crippen LogP contribution in [-0.4, -0.2) is 16.4 Å². The summed E-state index contributed by atoms with van der Waals surface area (Å²) in [6, 6.07) is 7.55. The SMILES string of the molecule is Cc1cccn(Cc2c(F)cccc2NC(=O)[C@@H]2C[C@@H]2C(=O)[O-])c1=O.[Na+]. The number of nitrogens with one attached hydrogen (secondary N) is 1. The monoisotopic (exact) mass is 366 g/mol. The largest absolute Gasteiger partial charge is 1.00 e. The van der Waals surface area contributed by atoms with Crippen molar-refractivity contribution in [2.75, 3.05) is 5.32 Å². The van der Waals surface area contributed by atoms with E-state index >= 15 is 0 Å². The molecule has 1 N–H and O–H groups in total. The number of aliphatic carboxylic acids is 1. The summed E-state index contributed by atoms with van der Waals surface area (Å²) in [6.45, 7) is 1.62. The van der Waals surface area contributed by atoms with Gasteiger partial charge in [0.15, 0.2) is 0 Å². The predicted octanol–water partition coefficient (Wildman–Crippen LogP) is -2.33. The van der Waals surface area contributed by atoms with Gasteiger partial charge in [-0.15, -0.1) is 0 Å². The van der Waals surface area contributed by atoms with Gasteiger partial charge in [0.05, 0.1) is 6.54 Å². The molecule has 2 aromatic rings. The number of pyridine rings is 1. The summed E-state index contributed by atoms with van der Waals surface area (Å²) in [4.78, 5) is 35.0. The number of benzene rings is 1. The van der Waals surface area contributed by atoms with Gasteiger partial charge in [0.25, 0.3) is 5.56 Å². The number of carboxylic acid groups (broad SMARTS) is 1. The molecule has 3 rings (SSSR count). The normalized spacial score (nSPS) is 17.9. The smallest absolute Gasteiger partial charge is 0.550 e. The van der Waals surface area contributed by atoms with Crippen molar-refractivity contribution >= 4 is 17.6 Å². The van der Waals surface area contributed by atoms with E-state index in [4.69, 9.17) is 0 Å². The minimum Gasteiger partial charge on any atom is -0.550 e. The molecule has 0 saturated heterocycles. The first-order chi connectivity index (χ1) is 11.9. The second kappa shape index (κ2) is 8.16. The fraction of sp³-hybridized carbons (Fsp3) is 0.278. The summed E-state index contributed by atoms with van der Waals surface area (Å²) in [5, 5.41) is 13.3. The van der Waals surface area contributed by atoms with Gasteiger partial charge in [0.2, 0.25) is 5.91 Å². The summed E-state index contributed by atoms with van der Waals surface area (Å²) < 4.78 is 15.6. The van der Waals surface area contributed by atoms with Gasteiger partial charge in [-0.2, -0.15) is 0 Å². The molecule has 0 radical (unpaired) electrons. The van der Waals surface area contributed by atoms with Crippen LogP contribution in [0.1, 0.15) is 17.5 Å². The van der Waals surface area contributed by atoms with Gasteiger partial charge in [-0.1, -0.05) is 12.1 Å². The van der Waals surface area contributed by atoms with Crippen LogP contribution in [0.3, 0.4) is 0 Å². The molecule has 2 atom stereocenters. The van der Waals surface area contributed by atoms with E-state index < -0.39 is 29.5 Å². The zero-order valence-electron chi connectivity index (χ0n) is 14.5. The fourth-order valence-electron chi connectivity index (χ4n) is 2.76. The average Bonchev–Trinajstić information content (AvgIpc) is 3.35. The third kappa shape index (κ3) is 4.23. The van der Waals surface area contributed by atoms with Crippen molar-refractivity contribution in [3.63, 3.8) is 0 Å². The Hall–Kier alpha value is -1.96. The quantitative estimate of drug-likeness (QED) is 0.601. The van der Waals surface area contributed by atoms with Crippen LogP contribution in [0.5, 0.6) is 0 Å². The minimum absolute atomic E-state index is 0. The van der Waals surface area contributed by atoms with E-state index in [0.29, 0.717) is 5.56 Å². The summed E-state index contributed by atoms with van der Waals surface area (Å²) in [7, 11) is 0. The van der Waals surface area contributed by atoms with Crippen molar-refractivity contribution < 1.29 is 48.6 Å². The molecule has 130 valence electrons. The van der Waals surface area contributed by atoms with Gasteiger partial charge >= 0.3 is 29.6 Å². The summed E-state index contributed by atoms with van der Waals surface area (Å²) in [5.41, 5.74) is 0.665. The first kappa shape index (κ1) is 20.4. The van der Waals surface area contributed by atoms with Crippen LogP contribution >= 0.6 is 0 Å². The minimum atomic E-state index is -1.26. The standard InChI is InChI=1S/C18H17FN2O4.Na/c1-10-4-3-7-21(17(10)23)9-13-14(19)5-2-6-15(13)20-16(22)11-8-12(11)18(24)25;/h2-7,11-12H,8-9H2,1H3,(H,20,22)(H,24,25);/q;+1/p-1/t11-,12+;/m1./s1. The van der Waals surface area contributed by atoms with Crippen LogP contribution < -0.4 is 45.5 Å². The molecule has 1 heterocycles. The Morgan fingerprint density at radius 2 is 2.00 bits per heavy atom. The molecular formula is C18H16FN2NaO4. The van der Waals surface area contributed by atoms with E-state index in [2.05, 4.69) is 5.32 Å². The Kier molecular flexibility index (Phi) is 6.39. The first-order valence-corrected chi connectivity index (χ1v) is 7.83. The van der Waals surface area contributed by atoms with Crippen molar-refractivity contribution in [2.45, 2.75) is 19.9 Å². The molecule has 8 heteroatoms. The number of anilines is 1. The van der Waals surface area contributed by atoms with Crippen LogP contribution in [0.2, 0.25) is 0 Å². The Morgan fingerprint density at radius 3 is 2.65 bits per heavy atom. The number of hydrogen-bond acceptors (Lipinski definition) is 4. The van der Waals surface area contributed by atoms with Crippen LogP contribution in [0.4, 0.5) is 10.1 Å². The summed E-state index contributed by atoms with van der Waals surface area (Å²) in [6.07, 6.45) is 1.76. The summed E-state index contributed by atoms with van der Waals surface area (Å²) in [5.74, 6) is -3.76. The Bertz CT molecular complexity index is 912. The summed E-state index contributed by atoms with van der Waals surface area (Å²) >= 11 is 0. The maximum Gasteiger partial charge on any atom is 1.00 e. The molecule has 1 fully saturated rings. The van der Waals surface area contributed by atoms with E-state index in [1.54, 1.807) is 25.3 Å².